The first kappa shape index (κ1) is 18.3. The van der Waals surface area contributed by atoms with Crippen LogP contribution in [0.4, 0.5) is 0 Å². The number of aliphatic hydroxyl groups excluding tert-OH is 1. The van der Waals surface area contributed by atoms with Crippen LogP contribution in [0, 0.1) is 0 Å². The lowest BCUT2D eigenvalue weighted by Gasteiger charge is -2.43. The number of aliphatic hydroxyl groups is 1. The summed E-state index contributed by atoms with van der Waals surface area (Å²) in [5.41, 5.74) is 0.946. The highest BCUT2D eigenvalue weighted by Crippen LogP contribution is 2.33. The van der Waals surface area contributed by atoms with Crippen molar-refractivity contribution in [2.24, 2.45) is 0 Å². The van der Waals surface area contributed by atoms with Crippen LogP contribution in [0.5, 0.6) is 11.5 Å². The van der Waals surface area contributed by atoms with Crippen LogP contribution >= 0.6 is 11.6 Å². The standard InChI is InChI=1S/C17H27ClN2O3/c1-12(2)20-6-5-19(11-14(20)4-7-21)10-13-8-17(23-3)16(22)9-15(13)18/h8-9,12,14,21-22H,4-7,10-11H2,1-3H3. The van der Waals surface area contributed by atoms with Gasteiger partial charge in [0.25, 0.3) is 0 Å². The summed E-state index contributed by atoms with van der Waals surface area (Å²) in [5.74, 6) is 0.501. The fourth-order valence-corrected chi connectivity index (χ4v) is 3.49. The molecule has 0 amide bonds. The van der Waals surface area contributed by atoms with E-state index in [0.717, 1.165) is 31.6 Å². The lowest BCUT2D eigenvalue weighted by molar-refractivity contribution is 0.0349. The lowest BCUT2D eigenvalue weighted by atomic mass is 10.1. The topological polar surface area (TPSA) is 56.2 Å². The van der Waals surface area contributed by atoms with Gasteiger partial charge < -0.3 is 14.9 Å². The number of hydrogen-bond acceptors (Lipinski definition) is 5. The highest BCUT2D eigenvalue weighted by atomic mass is 35.5. The van der Waals surface area contributed by atoms with Gasteiger partial charge in [0.05, 0.1) is 7.11 Å². The second kappa shape index (κ2) is 8.20. The summed E-state index contributed by atoms with van der Waals surface area (Å²) >= 11 is 6.26. The zero-order chi connectivity index (χ0) is 17.0. The molecule has 23 heavy (non-hydrogen) atoms. The number of nitrogens with zero attached hydrogens (tertiary/aromatic N) is 2. The number of aromatic hydroxyl groups is 1. The molecule has 5 nitrogen and oxygen atoms in total. The van der Waals surface area contributed by atoms with Gasteiger partial charge in [-0.05, 0) is 31.9 Å². The predicted octanol–water partition coefficient (Wildman–Crippen LogP) is 2.33. The van der Waals surface area contributed by atoms with Gasteiger partial charge >= 0.3 is 0 Å². The van der Waals surface area contributed by atoms with Gasteiger partial charge in [-0.2, -0.15) is 0 Å². The average Bonchev–Trinajstić information content (AvgIpc) is 2.50. The number of piperazine rings is 1. The van der Waals surface area contributed by atoms with Crippen LogP contribution in [-0.2, 0) is 6.54 Å². The van der Waals surface area contributed by atoms with E-state index in [2.05, 4.69) is 23.6 Å². The third kappa shape index (κ3) is 4.51. The average molecular weight is 343 g/mol. The molecule has 1 aromatic rings. The first-order chi connectivity index (χ1) is 11.0. The van der Waals surface area contributed by atoms with Gasteiger partial charge in [-0.3, -0.25) is 9.80 Å². The quantitative estimate of drug-likeness (QED) is 0.831. The van der Waals surface area contributed by atoms with Gasteiger partial charge in [-0.15, -0.1) is 0 Å². The number of phenols is 1. The summed E-state index contributed by atoms with van der Waals surface area (Å²) in [6.45, 7) is 8.15. The smallest absolute Gasteiger partial charge is 0.160 e. The number of methoxy groups -OCH3 is 1. The molecule has 1 heterocycles. The monoisotopic (exact) mass is 342 g/mol. The van der Waals surface area contributed by atoms with Crippen molar-refractivity contribution in [2.45, 2.75) is 38.9 Å². The summed E-state index contributed by atoms with van der Waals surface area (Å²) < 4.78 is 5.17. The Balaban J connectivity index is 2.09. The molecular weight excluding hydrogens is 316 g/mol. The maximum absolute atomic E-state index is 9.77. The van der Waals surface area contributed by atoms with Gasteiger partial charge in [0.15, 0.2) is 11.5 Å². The summed E-state index contributed by atoms with van der Waals surface area (Å²) in [7, 11) is 1.53. The molecule has 1 saturated heterocycles. The second-order valence-electron chi connectivity index (χ2n) is 6.35. The summed E-state index contributed by atoms with van der Waals surface area (Å²) in [5, 5.41) is 19.6. The van der Waals surface area contributed by atoms with E-state index < -0.39 is 0 Å². The highest BCUT2D eigenvalue weighted by Gasteiger charge is 2.28. The van der Waals surface area contributed by atoms with Crippen LogP contribution in [0.1, 0.15) is 25.8 Å². The molecule has 0 saturated carbocycles. The van der Waals surface area contributed by atoms with Crippen molar-refractivity contribution in [3.8, 4) is 11.5 Å². The Morgan fingerprint density at radius 1 is 1.35 bits per heavy atom. The molecule has 1 aliphatic rings. The molecular formula is C17H27ClN2O3. The van der Waals surface area contributed by atoms with E-state index in [9.17, 15) is 10.2 Å². The normalized spacial score (nSPS) is 20.2. The molecule has 0 bridgehead atoms. The van der Waals surface area contributed by atoms with Gasteiger partial charge in [0.2, 0.25) is 0 Å². The fraction of sp³-hybridized carbons (Fsp3) is 0.647. The van der Waals surface area contributed by atoms with E-state index in [4.69, 9.17) is 16.3 Å². The van der Waals surface area contributed by atoms with Crippen LogP contribution in [0.3, 0.4) is 0 Å². The van der Waals surface area contributed by atoms with E-state index in [1.807, 2.05) is 0 Å². The molecule has 0 aromatic heterocycles. The minimum atomic E-state index is 0.0593. The SMILES string of the molecule is COc1cc(CN2CCN(C(C)C)C(CCO)C2)c(Cl)cc1O. The molecule has 2 rings (SSSR count). The van der Waals surface area contributed by atoms with Crippen molar-refractivity contribution in [2.75, 3.05) is 33.4 Å². The minimum absolute atomic E-state index is 0.0593. The molecule has 0 spiro atoms. The Kier molecular flexibility index (Phi) is 6.53. The maximum Gasteiger partial charge on any atom is 0.160 e. The summed E-state index contributed by atoms with van der Waals surface area (Å²) in [4.78, 5) is 4.79. The molecule has 1 fully saturated rings. The first-order valence-corrected chi connectivity index (χ1v) is 8.48. The minimum Gasteiger partial charge on any atom is -0.504 e. The Labute approximate surface area is 143 Å². The third-order valence-electron chi connectivity index (χ3n) is 4.48. The first-order valence-electron chi connectivity index (χ1n) is 8.10. The number of halogens is 1. The largest absolute Gasteiger partial charge is 0.504 e. The van der Waals surface area contributed by atoms with Crippen LogP contribution < -0.4 is 4.74 Å². The van der Waals surface area contributed by atoms with E-state index in [-0.39, 0.29) is 12.4 Å². The van der Waals surface area contributed by atoms with Gasteiger partial charge in [0.1, 0.15) is 0 Å². The van der Waals surface area contributed by atoms with Crippen LogP contribution in [0.2, 0.25) is 5.02 Å². The molecule has 1 aromatic carbocycles. The summed E-state index contributed by atoms with van der Waals surface area (Å²) in [6.07, 6.45) is 0.779. The Morgan fingerprint density at radius 3 is 2.70 bits per heavy atom. The number of rotatable bonds is 6. The van der Waals surface area contributed by atoms with Crippen LogP contribution in [-0.4, -0.2) is 65.4 Å². The Hall–Kier alpha value is -1.01. The van der Waals surface area contributed by atoms with Gasteiger partial charge in [-0.25, -0.2) is 0 Å². The fourth-order valence-electron chi connectivity index (χ4n) is 3.27. The Morgan fingerprint density at radius 2 is 2.09 bits per heavy atom. The van der Waals surface area contributed by atoms with Crippen LogP contribution in [0.25, 0.3) is 0 Å². The molecule has 1 aliphatic heterocycles. The number of hydrogen-bond donors (Lipinski definition) is 2. The van der Waals surface area contributed by atoms with Crippen molar-refractivity contribution >= 4 is 11.6 Å². The lowest BCUT2D eigenvalue weighted by Crippen LogP contribution is -2.55. The second-order valence-corrected chi connectivity index (χ2v) is 6.76. The molecule has 1 atom stereocenters. The highest BCUT2D eigenvalue weighted by molar-refractivity contribution is 6.31. The summed E-state index contributed by atoms with van der Waals surface area (Å²) in [6, 6.07) is 4.16. The van der Waals surface area contributed by atoms with Crippen molar-refractivity contribution in [1.29, 1.82) is 0 Å². The number of benzene rings is 1. The third-order valence-corrected chi connectivity index (χ3v) is 4.83. The zero-order valence-corrected chi connectivity index (χ0v) is 14.9. The molecule has 6 heteroatoms. The van der Waals surface area contributed by atoms with E-state index in [1.54, 1.807) is 6.07 Å². The number of ether oxygens (including phenoxy) is 1. The van der Waals surface area contributed by atoms with Crippen molar-refractivity contribution in [3.05, 3.63) is 22.7 Å². The predicted molar refractivity (Wildman–Crippen MR) is 92.3 cm³/mol. The molecule has 130 valence electrons. The van der Waals surface area contributed by atoms with Gasteiger partial charge in [0, 0.05) is 56.0 Å². The molecule has 0 radical (unpaired) electrons. The van der Waals surface area contributed by atoms with Crippen LogP contribution in [0.15, 0.2) is 12.1 Å². The number of phenolic OH excluding ortho intramolecular Hbond substituents is 1. The Bertz CT molecular complexity index is 525. The molecule has 2 N–H and O–H groups in total. The van der Waals surface area contributed by atoms with Crippen molar-refractivity contribution < 1.29 is 14.9 Å². The van der Waals surface area contributed by atoms with E-state index >= 15 is 0 Å². The maximum atomic E-state index is 9.77. The van der Waals surface area contributed by atoms with E-state index in [0.29, 0.717) is 29.4 Å². The van der Waals surface area contributed by atoms with Crippen molar-refractivity contribution in [3.63, 3.8) is 0 Å². The van der Waals surface area contributed by atoms with E-state index in [1.165, 1.54) is 13.2 Å². The molecule has 1 unspecified atom stereocenters. The van der Waals surface area contributed by atoms with Gasteiger partial charge in [-0.1, -0.05) is 11.6 Å². The van der Waals surface area contributed by atoms with Crippen molar-refractivity contribution in [1.82, 2.24) is 9.80 Å². The zero-order valence-electron chi connectivity index (χ0n) is 14.1. The molecule has 0 aliphatic carbocycles.